The van der Waals surface area contributed by atoms with Gasteiger partial charge in [-0.2, -0.15) is 0 Å². The zero-order valence-corrected chi connectivity index (χ0v) is 9.89. The molecule has 0 saturated carbocycles. The second-order valence-corrected chi connectivity index (χ2v) is 4.22. The van der Waals surface area contributed by atoms with Gasteiger partial charge in [0.2, 0.25) is 0 Å². The summed E-state index contributed by atoms with van der Waals surface area (Å²) < 4.78 is 39.5. The first-order chi connectivity index (χ1) is 8.49. The first-order valence-electron chi connectivity index (χ1n) is 5.14. The van der Waals surface area contributed by atoms with Crippen molar-refractivity contribution in [2.24, 2.45) is 5.73 Å². The van der Waals surface area contributed by atoms with Crippen molar-refractivity contribution in [2.75, 3.05) is 0 Å². The summed E-state index contributed by atoms with van der Waals surface area (Å²) in [6.07, 6.45) is 0. The number of benzene rings is 2. The van der Waals surface area contributed by atoms with Crippen molar-refractivity contribution in [3.63, 3.8) is 0 Å². The third kappa shape index (κ3) is 2.49. The van der Waals surface area contributed by atoms with Gasteiger partial charge in [-0.15, -0.1) is 0 Å². The number of nitrogens with two attached hydrogens (primary N) is 1. The first kappa shape index (κ1) is 12.9. The largest absolute Gasteiger partial charge is 0.320 e. The zero-order chi connectivity index (χ0) is 13.3. The average molecular weight is 272 g/mol. The lowest BCUT2D eigenvalue weighted by Gasteiger charge is -2.15. The SMILES string of the molecule is NC(c1ccc(F)cc1F)c1cc(F)ccc1Cl. The van der Waals surface area contributed by atoms with Gasteiger partial charge in [0.05, 0.1) is 6.04 Å². The molecule has 0 radical (unpaired) electrons. The van der Waals surface area contributed by atoms with Crippen LogP contribution in [-0.2, 0) is 0 Å². The van der Waals surface area contributed by atoms with Crippen LogP contribution < -0.4 is 5.73 Å². The molecule has 1 atom stereocenters. The van der Waals surface area contributed by atoms with E-state index < -0.39 is 23.5 Å². The molecule has 1 nitrogen and oxygen atoms in total. The van der Waals surface area contributed by atoms with Crippen LogP contribution in [0.1, 0.15) is 17.2 Å². The molecule has 2 rings (SSSR count). The van der Waals surface area contributed by atoms with Crippen LogP contribution in [0.3, 0.4) is 0 Å². The Bertz CT molecular complexity index is 586. The van der Waals surface area contributed by atoms with Crippen LogP contribution in [0.4, 0.5) is 13.2 Å². The van der Waals surface area contributed by atoms with E-state index >= 15 is 0 Å². The van der Waals surface area contributed by atoms with Crippen LogP contribution in [0.2, 0.25) is 5.02 Å². The summed E-state index contributed by atoms with van der Waals surface area (Å²) in [5, 5.41) is 0.229. The maximum atomic E-state index is 13.6. The number of rotatable bonds is 2. The fourth-order valence-corrected chi connectivity index (χ4v) is 1.91. The van der Waals surface area contributed by atoms with Crippen LogP contribution in [-0.4, -0.2) is 0 Å². The second-order valence-electron chi connectivity index (χ2n) is 3.81. The Kier molecular flexibility index (Phi) is 3.59. The summed E-state index contributed by atoms with van der Waals surface area (Å²) >= 11 is 5.88. The Labute approximate surface area is 107 Å². The Balaban J connectivity index is 2.47. The van der Waals surface area contributed by atoms with E-state index in [9.17, 15) is 13.2 Å². The maximum absolute atomic E-state index is 13.6. The van der Waals surface area contributed by atoms with Crippen molar-refractivity contribution in [3.8, 4) is 0 Å². The van der Waals surface area contributed by atoms with E-state index in [0.29, 0.717) is 0 Å². The number of hydrogen-bond acceptors (Lipinski definition) is 1. The molecule has 0 amide bonds. The van der Waals surface area contributed by atoms with Crippen molar-refractivity contribution < 1.29 is 13.2 Å². The summed E-state index contributed by atoms with van der Waals surface area (Å²) in [5.74, 6) is -2.01. The van der Waals surface area contributed by atoms with E-state index in [0.717, 1.165) is 18.2 Å². The molecule has 0 fully saturated rings. The quantitative estimate of drug-likeness (QED) is 0.883. The van der Waals surface area contributed by atoms with Crippen LogP contribution >= 0.6 is 11.6 Å². The van der Waals surface area contributed by atoms with Gasteiger partial charge in [0.15, 0.2) is 0 Å². The molecule has 2 aromatic rings. The maximum Gasteiger partial charge on any atom is 0.131 e. The number of halogens is 4. The highest BCUT2D eigenvalue weighted by Crippen LogP contribution is 2.28. The predicted octanol–water partition coefficient (Wildman–Crippen LogP) is 3.81. The van der Waals surface area contributed by atoms with E-state index in [4.69, 9.17) is 17.3 Å². The van der Waals surface area contributed by atoms with Gasteiger partial charge >= 0.3 is 0 Å². The van der Waals surface area contributed by atoms with Crippen LogP contribution in [0.15, 0.2) is 36.4 Å². The minimum Gasteiger partial charge on any atom is -0.320 e. The smallest absolute Gasteiger partial charge is 0.131 e. The highest BCUT2D eigenvalue weighted by Gasteiger charge is 2.17. The minimum atomic E-state index is -0.950. The minimum absolute atomic E-state index is 0.0592. The van der Waals surface area contributed by atoms with E-state index in [1.807, 2.05) is 0 Å². The van der Waals surface area contributed by atoms with Gasteiger partial charge in [-0.1, -0.05) is 17.7 Å². The highest BCUT2D eigenvalue weighted by atomic mass is 35.5. The lowest BCUT2D eigenvalue weighted by Crippen LogP contribution is -2.14. The standard InChI is InChI=1S/C13H9ClF3N/c14-11-4-2-7(15)5-10(11)13(18)9-3-1-8(16)6-12(9)17/h1-6,13H,18H2. The molecule has 0 bridgehead atoms. The molecule has 0 aromatic heterocycles. The molecule has 0 aliphatic carbocycles. The Morgan fingerprint density at radius 1 is 0.889 bits per heavy atom. The topological polar surface area (TPSA) is 26.0 Å². The Hall–Kier alpha value is -1.52. The molecular weight excluding hydrogens is 263 g/mol. The molecule has 2 aromatic carbocycles. The molecule has 5 heteroatoms. The van der Waals surface area contributed by atoms with Crippen LogP contribution in [0.5, 0.6) is 0 Å². The van der Waals surface area contributed by atoms with Crippen molar-refractivity contribution in [1.29, 1.82) is 0 Å². The van der Waals surface area contributed by atoms with Crippen molar-refractivity contribution in [2.45, 2.75) is 6.04 Å². The fourth-order valence-electron chi connectivity index (χ4n) is 1.67. The molecule has 0 aliphatic heterocycles. The average Bonchev–Trinajstić information content (AvgIpc) is 2.31. The molecule has 0 aliphatic rings. The summed E-state index contributed by atoms with van der Waals surface area (Å²) in [4.78, 5) is 0. The third-order valence-corrected chi connectivity index (χ3v) is 2.93. The van der Waals surface area contributed by atoms with Gasteiger partial charge in [0.25, 0.3) is 0 Å². The van der Waals surface area contributed by atoms with Crippen LogP contribution in [0, 0.1) is 17.5 Å². The molecular formula is C13H9ClF3N. The number of hydrogen-bond donors (Lipinski definition) is 1. The highest BCUT2D eigenvalue weighted by molar-refractivity contribution is 6.31. The van der Waals surface area contributed by atoms with Gasteiger partial charge in [-0.25, -0.2) is 13.2 Å². The Morgan fingerprint density at radius 2 is 1.50 bits per heavy atom. The molecule has 1 unspecified atom stereocenters. The normalized spacial score (nSPS) is 12.5. The van der Waals surface area contributed by atoms with E-state index in [1.54, 1.807) is 0 Å². The second kappa shape index (κ2) is 5.00. The van der Waals surface area contributed by atoms with Crippen molar-refractivity contribution in [3.05, 3.63) is 70.0 Å². The van der Waals surface area contributed by atoms with Gasteiger partial charge in [-0.05, 0) is 29.8 Å². The molecule has 18 heavy (non-hydrogen) atoms. The zero-order valence-electron chi connectivity index (χ0n) is 9.13. The monoisotopic (exact) mass is 271 g/mol. The molecule has 0 heterocycles. The van der Waals surface area contributed by atoms with Crippen LogP contribution in [0.25, 0.3) is 0 Å². The van der Waals surface area contributed by atoms with Crippen molar-refractivity contribution in [1.82, 2.24) is 0 Å². The van der Waals surface area contributed by atoms with E-state index in [-0.39, 0.29) is 16.1 Å². The summed E-state index contributed by atoms with van der Waals surface area (Å²) in [6.45, 7) is 0. The van der Waals surface area contributed by atoms with Gasteiger partial charge in [0.1, 0.15) is 17.5 Å². The van der Waals surface area contributed by atoms with Gasteiger partial charge in [0, 0.05) is 16.7 Å². The van der Waals surface area contributed by atoms with E-state index in [2.05, 4.69) is 0 Å². The summed E-state index contributed by atoms with van der Waals surface area (Å²) in [6, 6.07) is 5.74. The molecule has 0 saturated heterocycles. The molecule has 2 N–H and O–H groups in total. The summed E-state index contributed by atoms with van der Waals surface area (Å²) in [5.41, 5.74) is 6.13. The first-order valence-corrected chi connectivity index (χ1v) is 5.52. The predicted molar refractivity (Wildman–Crippen MR) is 63.8 cm³/mol. The van der Waals surface area contributed by atoms with Crippen molar-refractivity contribution >= 4 is 11.6 Å². The Morgan fingerprint density at radius 3 is 2.17 bits per heavy atom. The lowest BCUT2D eigenvalue weighted by molar-refractivity contribution is 0.565. The van der Waals surface area contributed by atoms with Gasteiger partial charge in [-0.3, -0.25) is 0 Å². The molecule has 0 spiro atoms. The summed E-state index contributed by atoms with van der Waals surface area (Å²) in [7, 11) is 0. The van der Waals surface area contributed by atoms with Gasteiger partial charge < -0.3 is 5.73 Å². The van der Waals surface area contributed by atoms with E-state index in [1.165, 1.54) is 18.2 Å². The molecule has 94 valence electrons. The third-order valence-electron chi connectivity index (χ3n) is 2.59. The lowest BCUT2D eigenvalue weighted by atomic mass is 9.99. The fraction of sp³-hybridized carbons (Fsp3) is 0.0769.